The lowest BCUT2D eigenvalue weighted by atomic mass is 9.99. The molecule has 3 rings (SSSR count). The van der Waals surface area contributed by atoms with E-state index in [2.05, 4.69) is 0 Å². The summed E-state index contributed by atoms with van der Waals surface area (Å²) < 4.78 is 4.95. The number of phenolic OH excluding ortho intramolecular Hbond substituents is 3. The molecule has 2 aromatic carbocycles. The first-order valence-electron chi connectivity index (χ1n) is 6.29. The first kappa shape index (κ1) is 13.7. The molecule has 1 heterocycles. The molecule has 0 saturated carbocycles. The van der Waals surface area contributed by atoms with Gasteiger partial charge in [-0.3, -0.25) is 4.79 Å². The van der Waals surface area contributed by atoms with Gasteiger partial charge < -0.3 is 19.7 Å². The molecule has 3 N–H and O–H groups in total. The maximum atomic E-state index is 12.5. The van der Waals surface area contributed by atoms with Gasteiger partial charge in [0.25, 0.3) is 0 Å². The second-order valence-electron chi connectivity index (χ2n) is 4.69. The van der Waals surface area contributed by atoms with Gasteiger partial charge >= 0.3 is 5.63 Å². The first-order valence-corrected chi connectivity index (χ1v) is 6.29. The Morgan fingerprint density at radius 3 is 2.27 bits per heavy atom. The molecule has 0 aliphatic carbocycles. The Balaban J connectivity index is 2.25. The van der Waals surface area contributed by atoms with Crippen molar-refractivity contribution in [3.63, 3.8) is 0 Å². The summed E-state index contributed by atoms with van der Waals surface area (Å²) in [5.41, 5.74) is -0.709. The van der Waals surface area contributed by atoms with E-state index in [1.165, 1.54) is 30.3 Å². The maximum absolute atomic E-state index is 12.5. The van der Waals surface area contributed by atoms with Crippen molar-refractivity contribution in [2.75, 3.05) is 0 Å². The van der Waals surface area contributed by atoms with Gasteiger partial charge in [0.1, 0.15) is 22.8 Å². The van der Waals surface area contributed by atoms with Gasteiger partial charge in [0, 0.05) is 29.1 Å². The molecule has 3 aromatic rings. The monoisotopic (exact) mass is 298 g/mol. The summed E-state index contributed by atoms with van der Waals surface area (Å²) in [5.74, 6) is -1.28. The summed E-state index contributed by atoms with van der Waals surface area (Å²) in [6.45, 7) is 0. The molecule has 0 radical (unpaired) electrons. The van der Waals surface area contributed by atoms with Crippen LogP contribution in [0.2, 0.25) is 0 Å². The van der Waals surface area contributed by atoms with E-state index in [0.29, 0.717) is 5.39 Å². The molecule has 0 unspecified atom stereocenters. The molecule has 0 aliphatic rings. The highest BCUT2D eigenvalue weighted by Crippen LogP contribution is 2.28. The molecule has 0 amide bonds. The van der Waals surface area contributed by atoms with Gasteiger partial charge in [0.15, 0.2) is 5.78 Å². The number of rotatable bonds is 2. The first-order chi connectivity index (χ1) is 10.5. The van der Waals surface area contributed by atoms with Crippen molar-refractivity contribution >= 4 is 16.8 Å². The van der Waals surface area contributed by atoms with E-state index in [4.69, 9.17) is 4.42 Å². The zero-order valence-electron chi connectivity index (χ0n) is 11.1. The molecule has 1 aromatic heterocycles. The predicted octanol–water partition coefficient (Wildman–Crippen LogP) is 2.14. The van der Waals surface area contributed by atoms with E-state index in [0.717, 1.165) is 12.1 Å². The zero-order valence-corrected chi connectivity index (χ0v) is 11.1. The second kappa shape index (κ2) is 4.92. The molecular weight excluding hydrogens is 288 g/mol. The van der Waals surface area contributed by atoms with Crippen LogP contribution >= 0.6 is 0 Å². The van der Waals surface area contributed by atoms with Crippen LogP contribution < -0.4 is 5.63 Å². The van der Waals surface area contributed by atoms with Crippen molar-refractivity contribution in [1.29, 1.82) is 0 Å². The van der Waals surface area contributed by atoms with Gasteiger partial charge in [-0.25, -0.2) is 4.79 Å². The summed E-state index contributed by atoms with van der Waals surface area (Å²) in [6.07, 6.45) is 0. The third-order valence-electron chi connectivity index (χ3n) is 3.20. The van der Waals surface area contributed by atoms with E-state index >= 15 is 0 Å². The van der Waals surface area contributed by atoms with Crippen LogP contribution in [-0.2, 0) is 0 Å². The number of fused-ring (bicyclic) bond motifs is 1. The van der Waals surface area contributed by atoms with Gasteiger partial charge in [0.05, 0.1) is 5.56 Å². The van der Waals surface area contributed by atoms with E-state index < -0.39 is 17.2 Å². The molecule has 0 saturated heterocycles. The van der Waals surface area contributed by atoms with Crippen molar-refractivity contribution in [3.05, 3.63) is 64.0 Å². The fraction of sp³-hybridized carbons (Fsp3) is 0. The van der Waals surface area contributed by atoms with Crippen LogP contribution in [-0.4, -0.2) is 21.1 Å². The molecule has 0 atom stereocenters. The lowest BCUT2D eigenvalue weighted by Gasteiger charge is -2.07. The van der Waals surface area contributed by atoms with Gasteiger partial charge in [-0.2, -0.15) is 0 Å². The fourth-order valence-electron chi connectivity index (χ4n) is 2.20. The summed E-state index contributed by atoms with van der Waals surface area (Å²) in [7, 11) is 0. The lowest BCUT2D eigenvalue weighted by Crippen LogP contribution is -2.08. The molecule has 110 valence electrons. The molecule has 0 spiro atoms. The number of carbonyl (C=O) groups is 1. The summed E-state index contributed by atoms with van der Waals surface area (Å²) in [4.78, 5) is 24.1. The smallest absolute Gasteiger partial charge is 0.336 e. The maximum Gasteiger partial charge on any atom is 0.336 e. The van der Waals surface area contributed by atoms with Gasteiger partial charge in [-0.05, 0) is 24.3 Å². The molecule has 6 heteroatoms. The zero-order chi connectivity index (χ0) is 15.9. The number of hydrogen-bond donors (Lipinski definition) is 3. The molecular formula is C16H10O6. The van der Waals surface area contributed by atoms with Crippen LogP contribution in [0.25, 0.3) is 11.0 Å². The van der Waals surface area contributed by atoms with Crippen molar-refractivity contribution in [2.24, 2.45) is 0 Å². The summed E-state index contributed by atoms with van der Waals surface area (Å²) >= 11 is 0. The number of aromatic hydroxyl groups is 3. The van der Waals surface area contributed by atoms with Crippen LogP contribution in [0.3, 0.4) is 0 Å². The fourth-order valence-corrected chi connectivity index (χ4v) is 2.20. The summed E-state index contributed by atoms with van der Waals surface area (Å²) in [5, 5.41) is 28.8. The number of hydrogen-bond acceptors (Lipinski definition) is 6. The van der Waals surface area contributed by atoms with Crippen molar-refractivity contribution in [2.45, 2.75) is 0 Å². The molecule has 6 nitrogen and oxygen atoms in total. The van der Waals surface area contributed by atoms with Crippen LogP contribution in [0.4, 0.5) is 0 Å². The normalized spacial score (nSPS) is 10.7. The Morgan fingerprint density at radius 1 is 0.864 bits per heavy atom. The average Bonchev–Trinajstić information content (AvgIpc) is 2.45. The Kier molecular flexibility index (Phi) is 3.06. The van der Waals surface area contributed by atoms with E-state index in [1.807, 2.05) is 0 Å². The van der Waals surface area contributed by atoms with E-state index in [9.17, 15) is 24.9 Å². The Bertz CT molecular complexity index is 954. The Labute approximate surface area is 123 Å². The minimum atomic E-state index is -0.750. The van der Waals surface area contributed by atoms with E-state index in [-0.39, 0.29) is 28.2 Å². The lowest BCUT2D eigenvalue weighted by molar-refractivity contribution is 0.103. The topological polar surface area (TPSA) is 108 Å². The SMILES string of the molecule is O=C(c1ccc(O)cc1O)c1cc(=O)oc2cc(O)ccc12. The number of benzene rings is 2. The van der Waals surface area contributed by atoms with Crippen LogP contribution in [0.1, 0.15) is 15.9 Å². The average molecular weight is 298 g/mol. The van der Waals surface area contributed by atoms with Gasteiger partial charge in [-0.15, -0.1) is 0 Å². The minimum Gasteiger partial charge on any atom is -0.508 e. The largest absolute Gasteiger partial charge is 0.508 e. The van der Waals surface area contributed by atoms with Crippen molar-refractivity contribution in [1.82, 2.24) is 0 Å². The standard InChI is InChI=1S/C16H10O6/c17-8-2-4-11(13(19)5-8)16(21)12-7-15(20)22-14-6-9(18)1-3-10(12)14/h1-7,17-19H. The van der Waals surface area contributed by atoms with E-state index in [1.54, 1.807) is 0 Å². The predicted molar refractivity (Wildman–Crippen MR) is 77.4 cm³/mol. The quantitative estimate of drug-likeness (QED) is 0.494. The van der Waals surface area contributed by atoms with Gasteiger partial charge in [0.2, 0.25) is 0 Å². The number of phenols is 3. The third-order valence-corrected chi connectivity index (χ3v) is 3.20. The number of carbonyl (C=O) groups excluding carboxylic acids is 1. The van der Waals surface area contributed by atoms with Crippen LogP contribution in [0.15, 0.2) is 51.7 Å². The number of ketones is 1. The van der Waals surface area contributed by atoms with Crippen LogP contribution in [0.5, 0.6) is 17.2 Å². The van der Waals surface area contributed by atoms with Crippen LogP contribution in [0, 0.1) is 0 Å². The second-order valence-corrected chi connectivity index (χ2v) is 4.69. The Morgan fingerprint density at radius 2 is 1.55 bits per heavy atom. The van der Waals surface area contributed by atoms with Crippen molar-refractivity contribution < 1.29 is 24.5 Å². The molecule has 0 aliphatic heterocycles. The third kappa shape index (κ3) is 2.26. The highest BCUT2D eigenvalue weighted by Gasteiger charge is 2.18. The molecule has 22 heavy (non-hydrogen) atoms. The van der Waals surface area contributed by atoms with Gasteiger partial charge in [-0.1, -0.05) is 0 Å². The Hall–Kier alpha value is -3.28. The van der Waals surface area contributed by atoms with Crippen molar-refractivity contribution in [3.8, 4) is 17.2 Å². The molecule has 0 fully saturated rings. The minimum absolute atomic E-state index is 0.0345. The summed E-state index contributed by atoms with van der Waals surface area (Å²) in [6, 6.07) is 8.60. The molecule has 0 bridgehead atoms. The highest BCUT2D eigenvalue weighted by atomic mass is 16.4. The highest BCUT2D eigenvalue weighted by molar-refractivity contribution is 6.16.